The molecule has 0 atom stereocenters. The zero-order valence-corrected chi connectivity index (χ0v) is 14.7. The van der Waals surface area contributed by atoms with Crippen molar-refractivity contribution in [1.29, 1.82) is 0 Å². The zero-order chi connectivity index (χ0) is 16.2. The number of thioether (sulfide) groups is 1. The third-order valence-corrected chi connectivity index (χ3v) is 5.29. The first-order valence-electron chi connectivity index (χ1n) is 7.40. The highest BCUT2D eigenvalue weighted by Crippen LogP contribution is 2.30. The summed E-state index contributed by atoms with van der Waals surface area (Å²) in [7, 11) is 3.97. The largest absolute Gasteiger partial charge is 0.378 e. The Morgan fingerprint density at radius 2 is 2.04 bits per heavy atom. The lowest BCUT2D eigenvalue weighted by Crippen LogP contribution is -2.14. The van der Waals surface area contributed by atoms with E-state index in [1.807, 2.05) is 43.3 Å². The van der Waals surface area contributed by atoms with Crippen LogP contribution in [0.25, 0.3) is 0 Å². The Bertz CT molecular complexity index is 667. The predicted octanol–water partition coefficient (Wildman–Crippen LogP) is 2.91. The number of rotatable bonds is 7. The molecule has 0 bridgehead atoms. The predicted molar refractivity (Wildman–Crippen MR) is 96.7 cm³/mol. The van der Waals surface area contributed by atoms with Crippen LogP contribution in [0.5, 0.6) is 0 Å². The molecule has 3 rings (SSSR count). The average molecular weight is 349 g/mol. The normalized spacial score (nSPS) is 13.7. The van der Waals surface area contributed by atoms with Crippen LogP contribution in [-0.4, -0.2) is 42.0 Å². The molecule has 23 heavy (non-hydrogen) atoms. The van der Waals surface area contributed by atoms with Crippen molar-refractivity contribution < 1.29 is 4.79 Å². The highest BCUT2D eigenvalue weighted by molar-refractivity contribution is 8.01. The van der Waals surface area contributed by atoms with Crippen LogP contribution >= 0.6 is 23.1 Å². The van der Waals surface area contributed by atoms with Gasteiger partial charge in [-0.1, -0.05) is 23.1 Å². The fourth-order valence-corrected chi connectivity index (χ4v) is 3.52. The molecular weight excluding hydrogens is 330 g/mol. The van der Waals surface area contributed by atoms with E-state index in [9.17, 15) is 4.79 Å². The minimum Gasteiger partial charge on any atom is -0.378 e. The molecule has 1 saturated carbocycles. The van der Waals surface area contributed by atoms with Crippen LogP contribution in [0, 0.1) is 0 Å². The van der Waals surface area contributed by atoms with E-state index in [-0.39, 0.29) is 5.91 Å². The third-order valence-electron chi connectivity index (χ3n) is 3.31. The Balaban J connectivity index is 1.46. The Labute approximate surface area is 143 Å². The molecule has 0 spiro atoms. The molecule has 2 N–H and O–H groups in total. The standard InChI is InChI=1S/C15H19N5OS2/c1-20(2)12-7-5-10(6-8-12)16-13(21)9-22-15-19-18-14(23-15)17-11-3-4-11/h5-8,11H,3-4,9H2,1-2H3,(H,16,21)(H,17,18). The molecule has 1 aromatic heterocycles. The number of anilines is 3. The van der Waals surface area contributed by atoms with Gasteiger partial charge in [0.1, 0.15) is 0 Å². The summed E-state index contributed by atoms with van der Waals surface area (Å²) in [5, 5.41) is 15.2. The molecule has 0 aliphatic heterocycles. The van der Waals surface area contributed by atoms with Crippen molar-refractivity contribution in [3.63, 3.8) is 0 Å². The Hall–Kier alpha value is -1.80. The highest BCUT2D eigenvalue weighted by atomic mass is 32.2. The summed E-state index contributed by atoms with van der Waals surface area (Å²) < 4.78 is 0.811. The lowest BCUT2D eigenvalue weighted by Gasteiger charge is -2.12. The number of benzene rings is 1. The fourth-order valence-electron chi connectivity index (χ4n) is 1.90. The molecule has 1 amide bonds. The first-order chi connectivity index (χ1) is 11.1. The van der Waals surface area contributed by atoms with Crippen molar-refractivity contribution in [2.24, 2.45) is 0 Å². The zero-order valence-electron chi connectivity index (χ0n) is 13.1. The summed E-state index contributed by atoms with van der Waals surface area (Å²) in [5.74, 6) is 0.285. The van der Waals surface area contributed by atoms with Gasteiger partial charge in [0.2, 0.25) is 11.0 Å². The molecule has 0 unspecified atom stereocenters. The number of hydrogen-bond acceptors (Lipinski definition) is 7. The molecule has 0 radical (unpaired) electrons. The van der Waals surface area contributed by atoms with E-state index in [2.05, 4.69) is 20.8 Å². The molecule has 1 heterocycles. The topological polar surface area (TPSA) is 70.2 Å². The van der Waals surface area contributed by atoms with Crippen molar-refractivity contribution in [3.8, 4) is 0 Å². The summed E-state index contributed by atoms with van der Waals surface area (Å²) >= 11 is 2.91. The molecule has 8 heteroatoms. The maximum Gasteiger partial charge on any atom is 0.234 e. The molecular formula is C15H19N5OS2. The van der Waals surface area contributed by atoms with Gasteiger partial charge in [-0.15, -0.1) is 10.2 Å². The average Bonchev–Trinajstić information content (AvgIpc) is 3.22. The van der Waals surface area contributed by atoms with Crippen molar-refractivity contribution in [3.05, 3.63) is 24.3 Å². The molecule has 0 saturated heterocycles. The van der Waals surface area contributed by atoms with Crippen LogP contribution in [0.2, 0.25) is 0 Å². The van der Waals surface area contributed by atoms with E-state index in [4.69, 9.17) is 0 Å². The van der Waals surface area contributed by atoms with Gasteiger partial charge in [-0.25, -0.2) is 0 Å². The SMILES string of the molecule is CN(C)c1ccc(NC(=O)CSc2nnc(NC3CC3)s2)cc1. The van der Waals surface area contributed by atoms with Crippen LogP contribution in [-0.2, 0) is 4.79 Å². The molecule has 1 aliphatic carbocycles. The number of hydrogen-bond donors (Lipinski definition) is 2. The van der Waals surface area contributed by atoms with Crippen LogP contribution in [0.15, 0.2) is 28.6 Å². The number of carbonyl (C=O) groups is 1. The van der Waals surface area contributed by atoms with Gasteiger partial charge in [-0.05, 0) is 37.1 Å². The smallest absolute Gasteiger partial charge is 0.234 e. The quantitative estimate of drug-likeness (QED) is 0.749. The summed E-state index contributed by atoms with van der Waals surface area (Å²) in [6, 6.07) is 8.32. The van der Waals surface area contributed by atoms with Crippen molar-refractivity contribution in [1.82, 2.24) is 10.2 Å². The second kappa shape index (κ2) is 7.18. The monoisotopic (exact) mass is 349 g/mol. The minimum atomic E-state index is -0.0421. The van der Waals surface area contributed by atoms with Gasteiger partial charge in [-0.3, -0.25) is 4.79 Å². The first-order valence-corrected chi connectivity index (χ1v) is 9.20. The lowest BCUT2D eigenvalue weighted by atomic mass is 10.2. The number of amides is 1. The summed E-state index contributed by atoms with van der Waals surface area (Å²) in [6.07, 6.45) is 2.41. The van der Waals surface area contributed by atoms with Gasteiger partial charge in [-0.2, -0.15) is 0 Å². The fraction of sp³-hybridized carbons (Fsp3) is 0.400. The Morgan fingerprint density at radius 3 is 2.70 bits per heavy atom. The van der Waals surface area contributed by atoms with Gasteiger partial charge in [0.15, 0.2) is 4.34 Å². The van der Waals surface area contributed by atoms with E-state index in [0.717, 1.165) is 20.8 Å². The second-order valence-electron chi connectivity index (χ2n) is 5.57. The van der Waals surface area contributed by atoms with Crippen LogP contribution in [0.4, 0.5) is 16.5 Å². The molecule has 2 aromatic rings. The number of nitrogens with one attached hydrogen (secondary N) is 2. The number of aromatic nitrogens is 2. The summed E-state index contributed by atoms with van der Waals surface area (Å²) in [4.78, 5) is 14.0. The first kappa shape index (κ1) is 16.1. The van der Waals surface area contributed by atoms with Gasteiger partial charge in [0.05, 0.1) is 5.75 Å². The van der Waals surface area contributed by atoms with E-state index >= 15 is 0 Å². The van der Waals surface area contributed by atoms with Crippen molar-refractivity contribution >= 4 is 45.5 Å². The second-order valence-corrected chi connectivity index (χ2v) is 7.77. The van der Waals surface area contributed by atoms with Gasteiger partial charge in [0, 0.05) is 31.5 Å². The van der Waals surface area contributed by atoms with E-state index in [1.54, 1.807) is 0 Å². The molecule has 1 aromatic carbocycles. The summed E-state index contributed by atoms with van der Waals surface area (Å²) in [5.41, 5.74) is 1.90. The van der Waals surface area contributed by atoms with Gasteiger partial charge < -0.3 is 15.5 Å². The molecule has 1 aliphatic rings. The Morgan fingerprint density at radius 1 is 1.30 bits per heavy atom. The van der Waals surface area contributed by atoms with Gasteiger partial charge >= 0.3 is 0 Å². The maximum atomic E-state index is 12.0. The Kier molecular flexibility index (Phi) is 5.02. The third kappa shape index (κ3) is 4.84. The maximum absolute atomic E-state index is 12.0. The lowest BCUT2D eigenvalue weighted by molar-refractivity contribution is -0.113. The van der Waals surface area contributed by atoms with Crippen molar-refractivity contribution in [2.45, 2.75) is 23.2 Å². The molecule has 1 fully saturated rings. The van der Waals surface area contributed by atoms with E-state index in [1.165, 1.54) is 35.9 Å². The number of nitrogens with zero attached hydrogens (tertiary/aromatic N) is 3. The van der Waals surface area contributed by atoms with Crippen LogP contribution in [0.3, 0.4) is 0 Å². The van der Waals surface area contributed by atoms with E-state index < -0.39 is 0 Å². The minimum absolute atomic E-state index is 0.0421. The van der Waals surface area contributed by atoms with Crippen LogP contribution in [0.1, 0.15) is 12.8 Å². The molecule has 6 nitrogen and oxygen atoms in total. The summed E-state index contributed by atoms with van der Waals surface area (Å²) in [6.45, 7) is 0. The number of carbonyl (C=O) groups excluding carboxylic acids is 1. The highest BCUT2D eigenvalue weighted by Gasteiger charge is 2.22. The molecule has 122 valence electrons. The van der Waals surface area contributed by atoms with Crippen LogP contribution < -0.4 is 15.5 Å². The van der Waals surface area contributed by atoms with E-state index in [0.29, 0.717) is 11.8 Å². The van der Waals surface area contributed by atoms with Gasteiger partial charge in [0.25, 0.3) is 0 Å². The van der Waals surface area contributed by atoms with Crippen molar-refractivity contribution in [2.75, 3.05) is 35.4 Å².